The maximum absolute atomic E-state index is 11.0. The van der Waals surface area contributed by atoms with Gasteiger partial charge in [0.05, 0.1) is 17.0 Å². The number of carboxylic acid groups (broad SMARTS) is 1. The minimum atomic E-state index is -0.920. The van der Waals surface area contributed by atoms with Gasteiger partial charge in [-0.25, -0.2) is 4.79 Å². The van der Waals surface area contributed by atoms with Gasteiger partial charge in [-0.3, -0.25) is 5.43 Å². The van der Waals surface area contributed by atoms with Crippen LogP contribution in [0.15, 0.2) is 47.6 Å². The molecule has 0 radical (unpaired) electrons. The summed E-state index contributed by atoms with van der Waals surface area (Å²) in [6, 6.07) is 13.6. The van der Waals surface area contributed by atoms with E-state index in [1.165, 1.54) is 29.5 Å². The van der Waals surface area contributed by atoms with Crippen molar-refractivity contribution in [2.75, 3.05) is 5.43 Å². The van der Waals surface area contributed by atoms with E-state index in [1.54, 1.807) is 24.3 Å². The van der Waals surface area contributed by atoms with Crippen molar-refractivity contribution in [3.8, 4) is 0 Å². The van der Waals surface area contributed by atoms with Crippen molar-refractivity contribution in [2.24, 2.45) is 16.9 Å². The lowest BCUT2D eigenvalue weighted by Gasteiger charge is -2.32. The quantitative estimate of drug-likeness (QED) is 0.500. The molecule has 29 heavy (non-hydrogen) atoms. The second-order valence-electron chi connectivity index (χ2n) is 9.69. The van der Waals surface area contributed by atoms with Crippen LogP contribution in [0.3, 0.4) is 0 Å². The number of nitrogens with one attached hydrogen (secondary N) is 1. The minimum absolute atomic E-state index is 0.129. The van der Waals surface area contributed by atoms with Crippen molar-refractivity contribution in [2.45, 2.75) is 58.3 Å². The Morgan fingerprint density at radius 1 is 0.966 bits per heavy atom. The van der Waals surface area contributed by atoms with Gasteiger partial charge in [0.25, 0.3) is 0 Å². The zero-order valence-electron chi connectivity index (χ0n) is 17.9. The van der Waals surface area contributed by atoms with E-state index in [0.717, 1.165) is 11.4 Å². The number of anilines is 1. The molecular weight excluding hydrogens is 360 g/mol. The zero-order chi connectivity index (χ0) is 21.0. The molecule has 1 fully saturated rings. The number of carbonyl (C=O) groups is 1. The molecule has 2 aliphatic carbocycles. The lowest BCUT2D eigenvalue weighted by Crippen LogP contribution is -2.30. The molecular formula is C25H30N2O2. The summed E-state index contributed by atoms with van der Waals surface area (Å²) in [5.41, 5.74) is 9.69. The Morgan fingerprint density at radius 3 is 2.14 bits per heavy atom. The number of fused-ring (bicyclic) bond motifs is 1. The molecule has 0 heterocycles. The third-order valence-corrected chi connectivity index (χ3v) is 7.27. The van der Waals surface area contributed by atoms with E-state index in [0.29, 0.717) is 11.8 Å². The fraction of sp³-hybridized carbons (Fsp3) is 0.440. The molecule has 0 saturated heterocycles. The van der Waals surface area contributed by atoms with E-state index < -0.39 is 5.97 Å². The standard InChI is InChI=1S/C25H30N2O2/c1-15-24(2,3)20-13-10-18(14-21(20)25(15,4)5)22(16-6-7-16)27-26-19-11-8-17(9-12-19)23(28)29/h8-16,26H,6-7H2,1-5H3,(H,28,29)/b27-22+. The van der Waals surface area contributed by atoms with Gasteiger partial charge >= 0.3 is 5.97 Å². The van der Waals surface area contributed by atoms with Crippen molar-refractivity contribution < 1.29 is 9.90 Å². The summed E-state index contributed by atoms with van der Waals surface area (Å²) in [5.74, 6) is 0.137. The smallest absolute Gasteiger partial charge is 0.335 e. The first-order chi connectivity index (χ1) is 13.6. The lowest BCUT2D eigenvalue weighted by atomic mass is 9.71. The van der Waals surface area contributed by atoms with Crippen LogP contribution in [0, 0.1) is 11.8 Å². The molecule has 1 saturated carbocycles. The molecule has 2 aromatic carbocycles. The van der Waals surface area contributed by atoms with Crippen LogP contribution in [0.1, 0.15) is 74.5 Å². The Kier molecular flexibility index (Phi) is 4.56. The highest BCUT2D eigenvalue weighted by molar-refractivity contribution is 6.04. The van der Waals surface area contributed by atoms with Crippen LogP contribution < -0.4 is 5.43 Å². The van der Waals surface area contributed by atoms with Crippen LogP contribution >= 0.6 is 0 Å². The van der Waals surface area contributed by atoms with Crippen molar-refractivity contribution in [3.05, 3.63) is 64.7 Å². The first kappa shape index (κ1) is 19.7. The van der Waals surface area contributed by atoms with Crippen LogP contribution in [0.4, 0.5) is 5.69 Å². The lowest BCUT2D eigenvalue weighted by molar-refractivity contribution is 0.0697. The molecule has 4 rings (SSSR count). The topological polar surface area (TPSA) is 61.7 Å². The molecule has 2 aliphatic rings. The molecule has 152 valence electrons. The van der Waals surface area contributed by atoms with E-state index in [2.05, 4.69) is 58.2 Å². The second-order valence-corrected chi connectivity index (χ2v) is 9.69. The normalized spacial score (nSPS) is 22.2. The second kappa shape index (κ2) is 6.72. The van der Waals surface area contributed by atoms with Gasteiger partial charge in [-0.1, -0.05) is 46.8 Å². The molecule has 0 bridgehead atoms. The Labute approximate surface area is 173 Å². The van der Waals surface area contributed by atoms with Crippen LogP contribution in [-0.4, -0.2) is 16.8 Å². The van der Waals surface area contributed by atoms with Gasteiger partial charge in [0.1, 0.15) is 0 Å². The summed E-state index contributed by atoms with van der Waals surface area (Å²) in [6.07, 6.45) is 2.33. The maximum Gasteiger partial charge on any atom is 0.335 e. The molecule has 1 atom stereocenters. The van der Waals surface area contributed by atoms with Crippen LogP contribution in [-0.2, 0) is 10.8 Å². The highest BCUT2D eigenvalue weighted by atomic mass is 16.4. The van der Waals surface area contributed by atoms with Gasteiger partial charge in [-0.05, 0) is 76.6 Å². The van der Waals surface area contributed by atoms with E-state index in [4.69, 9.17) is 10.2 Å². The summed E-state index contributed by atoms with van der Waals surface area (Å²) < 4.78 is 0. The first-order valence-corrected chi connectivity index (χ1v) is 10.4. The van der Waals surface area contributed by atoms with E-state index in [-0.39, 0.29) is 16.4 Å². The molecule has 0 aliphatic heterocycles. The van der Waals surface area contributed by atoms with Crippen molar-refractivity contribution in [1.29, 1.82) is 0 Å². The number of benzene rings is 2. The molecule has 4 nitrogen and oxygen atoms in total. The van der Waals surface area contributed by atoms with Gasteiger partial charge in [-0.2, -0.15) is 5.10 Å². The van der Waals surface area contributed by atoms with Gasteiger partial charge in [0.15, 0.2) is 0 Å². The van der Waals surface area contributed by atoms with E-state index in [1.807, 2.05) is 0 Å². The molecule has 4 heteroatoms. The Hall–Kier alpha value is -2.62. The number of aromatic carboxylic acids is 1. The van der Waals surface area contributed by atoms with Gasteiger partial charge in [0.2, 0.25) is 0 Å². The van der Waals surface area contributed by atoms with Gasteiger partial charge < -0.3 is 5.11 Å². The number of hydrogen-bond donors (Lipinski definition) is 2. The zero-order valence-corrected chi connectivity index (χ0v) is 17.9. The molecule has 2 N–H and O–H groups in total. The Bertz CT molecular complexity index is 982. The largest absolute Gasteiger partial charge is 0.478 e. The number of hydrogen-bond acceptors (Lipinski definition) is 3. The third kappa shape index (κ3) is 3.35. The summed E-state index contributed by atoms with van der Waals surface area (Å²) in [5, 5.41) is 13.8. The monoisotopic (exact) mass is 390 g/mol. The Morgan fingerprint density at radius 2 is 1.55 bits per heavy atom. The van der Waals surface area contributed by atoms with Crippen molar-refractivity contribution in [3.63, 3.8) is 0 Å². The SMILES string of the molecule is CC1C(C)(C)c2ccc(/C(=N/Nc3ccc(C(=O)O)cc3)C3CC3)cc2C1(C)C. The van der Waals surface area contributed by atoms with Crippen molar-refractivity contribution >= 4 is 17.4 Å². The summed E-state index contributed by atoms with van der Waals surface area (Å²) in [7, 11) is 0. The molecule has 0 aromatic heterocycles. The number of rotatable bonds is 5. The number of nitrogens with zero attached hydrogens (tertiary/aromatic N) is 1. The maximum atomic E-state index is 11.0. The van der Waals surface area contributed by atoms with Crippen LogP contribution in [0.5, 0.6) is 0 Å². The summed E-state index contributed by atoms with van der Waals surface area (Å²) >= 11 is 0. The minimum Gasteiger partial charge on any atom is -0.478 e. The fourth-order valence-electron chi connectivity index (χ4n) is 4.73. The first-order valence-electron chi connectivity index (χ1n) is 10.4. The van der Waals surface area contributed by atoms with E-state index in [9.17, 15) is 4.79 Å². The highest BCUT2D eigenvalue weighted by Gasteiger charge is 2.48. The average Bonchev–Trinajstić information content (AvgIpc) is 3.50. The summed E-state index contributed by atoms with van der Waals surface area (Å²) in [6.45, 7) is 11.8. The van der Waals surface area contributed by atoms with Crippen LogP contribution in [0.2, 0.25) is 0 Å². The predicted octanol–water partition coefficient (Wildman–Crippen LogP) is 5.82. The average molecular weight is 391 g/mol. The predicted molar refractivity (Wildman–Crippen MR) is 118 cm³/mol. The molecule has 1 unspecified atom stereocenters. The number of hydrazone groups is 1. The van der Waals surface area contributed by atoms with E-state index >= 15 is 0 Å². The molecule has 2 aromatic rings. The summed E-state index contributed by atoms with van der Waals surface area (Å²) in [4.78, 5) is 11.0. The fourth-order valence-corrected chi connectivity index (χ4v) is 4.73. The Balaban J connectivity index is 1.66. The highest BCUT2D eigenvalue weighted by Crippen LogP contribution is 2.53. The third-order valence-electron chi connectivity index (χ3n) is 7.27. The molecule has 0 amide bonds. The van der Waals surface area contributed by atoms with Gasteiger partial charge in [-0.15, -0.1) is 0 Å². The number of carboxylic acids is 1. The van der Waals surface area contributed by atoms with Crippen molar-refractivity contribution in [1.82, 2.24) is 0 Å². The van der Waals surface area contributed by atoms with Gasteiger partial charge in [0, 0.05) is 5.92 Å². The molecule has 0 spiro atoms. The van der Waals surface area contributed by atoms with Crippen LogP contribution in [0.25, 0.3) is 0 Å².